The molecule has 0 heterocycles. The van der Waals surface area contributed by atoms with Crippen molar-refractivity contribution >= 4 is 22.1 Å². The van der Waals surface area contributed by atoms with E-state index in [1.54, 1.807) is 0 Å². The smallest absolute Gasteiger partial charge is 0.276 e. The van der Waals surface area contributed by atoms with Gasteiger partial charge in [-0.1, -0.05) is 103 Å². The van der Waals surface area contributed by atoms with Gasteiger partial charge < -0.3 is 24.5 Å². The summed E-state index contributed by atoms with van der Waals surface area (Å²) in [6.07, 6.45) is 16.4. The second-order valence-electron chi connectivity index (χ2n) is 8.17. The molecule has 0 saturated carbocycles. The third-order valence-corrected chi connectivity index (χ3v) is 6.44. The van der Waals surface area contributed by atoms with Crippen LogP contribution < -0.4 is 10.2 Å². The Hall–Kier alpha value is -1.19. The highest BCUT2D eigenvalue weighted by molar-refractivity contribution is 7.87. The molecule has 0 spiro atoms. The number of rotatable bonds is 22. The van der Waals surface area contributed by atoms with Crippen LogP contribution in [0.25, 0.3) is 0 Å². The van der Waals surface area contributed by atoms with Crippen LogP contribution in [0.4, 0.5) is 0 Å². The summed E-state index contributed by atoms with van der Waals surface area (Å²) < 4.78 is 35.9. The van der Waals surface area contributed by atoms with Crippen molar-refractivity contribution in [2.75, 3.05) is 6.61 Å². The molecule has 0 amide bonds. The van der Waals surface area contributed by atoms with E-state index in [0.717, 1.165) is 25.7 Å². The maximum Gasteiger partial charge on any atom is 0.276 e. The Balaban J connectivity index is 3.68. The fraction of sp³-hybridized carbons (Fsp3) is 0.909. The van der Waals surface area contributed by atoms with Crippen molar-refractivity contribution in [2.24, 2.45) is 0 Å². The summed E-state index contributed by atoms with van der Waals surface area (Å²) in [5.74, 6) is -4.27. The molecule has 0 rings (SSSR count). The third-order valence-electron chi connectivity index (χ3n) is 5.36. The topological polar surface area (TPSA) is 144 Å². The Bertz CT molecular complexity index is 576. The van der Waals surface area contributed by atoms with Crippen LogP contribution in [0, 0.1) is 0 Å². The predicted octanol–water partition coefficient (Wildman–Crippen LogP) is 2.39. The Labute approximate surface area is 187 Å². The predicted molar refractivity (Wildman–Crippen MR) is 115 cm³/mol. The number of aliphatic carboxylic acids is 2. The summed E-state index contributed by atoms with van der Waals surface area (Å²) in [4.78, 5) is 21.8. The average Bonchev–Trinajstić information content (AvgIpc) is 2.67. The van der Waals surface area contributed by atoms with Crippen LogP contribution in [0.1, 0.15) is 110 Å². The Kier molecular flexibility index (Phi) is 17.7. The highest BCUT2D eigenvalue weighted by atomic mass is 32.2. The molecule has 0 aromatic heterocycles. The van der Waals surface area contributed by atoms with Gasteiger partial charge in [0.1, 0.15) is 6.10 Å². The maximum absolute atomic E-state index is 11.1. The van der Waals surface area contributed by atoms with Crippen molar-refractivity contribution in [1.29, 1.82) is 0 Å². The zero-order valence-corrected chi connectivity index (χ0v) is 19.7. The molecule has 8 nitrogen and oxygen atoms in total. The van der Waals surface area contributed by atoms with Crippen LogP contribution in [0.15, 0.2) is 0 Å². The Morgan fingerprint density at radius 2 is 1.06 bits per heavy atom. The SMILES string of the molecule is CCCCCCCCCCCCCCCCCCOC(C(=O)[O-])C(C(=O)[O-])S(=O)(=O)O. The lowest BCUT2D eigenvalue weighted by Crippen LogP contribution is -2.56. The molecular formula is C22H40O8S-2. The van der Waals surface area contributed by atoms with Gasteiger partial charge in [0.05, 0.1) is 11.9 Å². The van der Waals surface area contributed by atoms with Gasteiger partial charge in [-0.2, -0.15) is 8.42 Å². The second-order valence-corrected chi connectivity index (χ2v) is 9.71. The number of hydrogen-bond acceptors (Lipinski definition) is 7. The van der Waals surface area contributed by atoms with E-state index in [0.29, 0.717) is 6.42 Å². The minimum Gasteiger partial charge on any atom is -0.549 e. The van der Waals surface area contributed by atoms with Gasteiger partial charge in [0.15, 0.2) is 5.25 Å². The van der Waals surface area contributed by atoms with Crippen LogP contribution in [0.3, 0.4) is 0 Å². The molecule has 0 radical (unpaired) electrons. The van der Waals surface area contributed by atoms with Crippen molar-refractivity contribution < 1.29 is 37.5 Å². The lowest BCUT2D eigenvalue weighted by molar-refractivity contribution is -0.325. The van der Waals surface area contributed by atoms with Gasteiger partial charge in [0, 0.05) is 6.61 Å². The minimum absolute atomic E-state index is 0.142. The highest BCUT2D eigenvalue weighted by Crippen LogP contribution is 2.14. The lowest BCUT2D eigenvalue weighted by atomic mass is 10.0. The van der Waals surface area contributed by atoms with Gasteiger partial charge in [0.2, 0.25) is 0 Å². The second kappa shape index (κ2) is 18.4. The number of ether oxygens (including phenoxy) is 1. The molecule has 31 heavy (non-hydrogen) atoms. The van der Waals surface area contributed by atoms with Crippen molar-refractivity contribution in [1.82, 2.24) is 0 Å². The maximum atomic E-state index is 11.1. The van der Waals surface area contributed by atoms with Crippen LogP contribution in [-0.2, 0) is 24.4 Å². The molecule has 0 aromatic rings. The van der Waals surface area contributed by atoms with E-state index < -0.39 is 33.4 Å². The summed E-state index contributed by atoms with van der Waals surface area (Å²) in [5.41, 5.74) is 0. The zero-order chi connectivity index (χ0) is 23.5. The van der Waals surface area contributed by atoms with E-state index in [-0.39, 0.29) is 6.61 Å². The number of carboxylic acid groups (broad SMARTS) is 2. The van der Waals surface area contributed by atoms with E-state index in [4.69, 9.17) is 9.29 Å². The highest BCUT2D eigenvalue weighted by Gasteiger charge is 2.35. The Morgan fingerprint density at radius 1 is 0.710 bits per heavy atom. The van der Waals surface area contributed by atoms with Gasteiger partial charge >= 0.3 is 0 Å². The summed E-state index contributed by atoms with van der Waals surface area (Å²) >= 11 is 0. The number of carbonyl (C=O) groups is 2. The number of hydrogen-bond donors (Lipinski definition) is 1. The van der Waals surface area contributed by atoms with E-state index in [1.807, 2.05) is 0 Å². The van der Waals surface area contributed by atoms with Crippen molar-refractivity contribution in [3.8, 4) is 0 Å². The molecule has 184 valence electrons. The van der Waals surface area contributed by atoms with E-state index >= 15 is 0 Å². The van der Waals surface area contributed by atoms with Gasteiger partial charge in [0.25, 0.3) is 10.1 Å². The Morgan fingerprint density at radius 3 is 1.35 bits per heavy atom. The van der Waals surface area contributed by atoms with Crippen molar-refractivity contribution in [3.05, 3.63) is 0 Å². The van der Waals surface area contributed by atoms with E-state index in [9.17, 15) is 28.2 Å². The fourth-order valence-electron chi connectivity index (χ4n) is 3.54. The lowest BCUT2D eigenvalue weighted by Gasteiger charge is -2.26. The molecule has 1 N–H and O–H groups in total. The molecule has 0 aliphatic heterocycles. The summed E-state index contributed by atoms with van der Waals surface area (Å²) in [5, 5.41) is 19.1. The third kappa shape index (κ3) is 16.1. The first-order chi connectivity index (χ1) is 14.7. The van der Waals surface area contributed by atoms with Crippen molar-refractivity contribution in [3.63, 3.8) is 0 Å². The fourth-order valence-corrected chi connectivity index (χ4v) is 4.29. The molecule has 0 saturated heterocycles. The van der Waals surface area contributed by atoms with Crippen LogP contribution in [-0.4, -0.2) is 42.9 Å². The summed E-state index contributed by atoms with van der Waals surface area (Å²) in [7, 11) is -5.19. The van der Waals surface area contributed by atoms with Crippen molar-refractivity contribution in [2.45, 2.75) is 121 Å². The first-order valence-corrected chi connectivity index (χ1v) is 13.2. The number of unbranched alkanes of at least 4 members (excludes halogenated alkanes) is 15. The van der Waals surface area contributed by atoms with Crippen LogP contribution in [0.5, 0.6) is 0 Å². The average molecular weight is 465 g/mol. The molecule has 9 heteroatoms. The molecule has 0 aliphatic rings. The first kappa shape index (κ1) is 29.8. The zero-order valence-electron chi connectivity index (χ0n) is 18.9. The number of carboxylic acids is 2. The minimum atomic E-state index is -5.19. The molecule has 0 fully saturated rings. The normalized spacial score (nSPS) is 13.7. The molecule has 0 aliphatic carbocycles. The van der Waals surface area contributed by atoms with Gasteiger partial charge in [-0.3, -0.25) is 4.55 Å². The molecule has 0 aromatic carbocycles. The summed E-state index contributed by atoms with van der Waals surface area (Å²) in [6, 6.07) is 0. The molecule has 2 unspecified atom stereocenters. The first-order valence-electron chi connectivity index (χ1n) is 11.7. The van der Waals surface area contributed by atoms with Crippen LogP contribution in [0.2, 0.25) is 0 Å². The standard InChI is InChI=1S/C22H42O8S/c1-2-3-4-5-6-7-8-9-10-11-12-13-14-15-16-17-18-30-19(21(23)24)20(22(25)26)31(27,28)29/h19-20H,2-18H2,1H3,(H,23,24)(H,25,26)(H,27,28,29)/p-2. The summed E-state index contributed by atoms with van der Waals surface area (Å²) in [6.45, 7) is 2.09. The van der Waals surface area contributed by atoms with Gasteiger partial charge in [-0.25, -0.2) is 0 Å². The number of carbonyl (C=O) groups excluding carboxylic acids is 2. The van der Waals surface area contributed by atoms with E-state index in [1.165, 1.54) is 70.6 Å². The van der Waals surface area contributed by atoms with Gasteiger partial charge in [-0.05, 0) is 6.42 Å². The molecule has 2 atom stereocenters. The molecular weight excluding hydrogens is 424 g/mol. The van der Waals surface area contributed by atoms with Crippen LogP contribution >= 0.6 is 0 Å². The monoisotopic (exact) mass is 464 g/mol. The quantitative estimate of drug-likeness (QED) is 0.190. The largest absolute Gasteiger partial charge is 0.549 e. The van der Waals surface area contributed by atoms with E-state index in [2.05, 4.69) is 6.92 Å². The molecule has 0 bridgehead atoms. The van der Waals surface area contributed by atoms with Gasteiger partial charge in [-0.15, -0.1) is 0 Å².